The fourth-order valence-corrected chi connectivity index (χ4v) is 2.31. The van der Waals surface area contributed by atoms with Crippen LogP contribution in [0, 0.1) is 21.4 Å². The van der Waals surface area contributed by atoms with Crippen LogP contribution in [0.1, 0.15) is 16.8 Å². The summed E-state index contributed by atoms with van der Waals surface area (Å²) < 4.78 is 4.87. The molecule has 0 saturated carbocycles. The summed E-state index contributed by atoms with van der Waals surface area (Å²) in [5, 5.41) is 24.3. The summed E-state index contributed by atoms with van der Waals surface area (Å²) in [7, 11) is 0. The average molecular weight is 417 g/mol. The van der Waals surface area contributed by atoms with Crippen LogP contribution < -0.4 is 10.6 Å². The molecule has 148 valence electrons. The summed E-state index contributed by atoms with van der Waals surface area (Å²) in [5.74, 6) is -2.09. The molecule has 10 nitrogen and oxygen atoms in total. The number of carbonyl (C=O) groups excluding carboxylic acids is 3. The first kappa shape index (κ1) is 21.3. The average Bonchev–Trinajstić information content (AvgIpc) is 2.66. The molecular formula is C18H13ClN4O6. The van der Waals surface area contributed by atoms with Crippen LogP contribution >= 0.6 is 11.6 Å². The van der Waals surface area contributed by atoms with Gasteiger partial charge in [0.15, 0.2) is 6.61 Å². The lowest BCUT2D eigenvalue weighted by atomic mass is 10.2. The van der Waals surface area contributed by atoms with E-state index in [0.717, 1.165) is 6.07 Å². The van der Waals surface area contributed by atoms with Gasteiger partial charge in [-0.05, 0) is 36.4 Å². The number of carbonyl (C=O) groups is 3. The van der Waals surface area contributed by atoms with Crippen molar-refractivity contribution in [1.82, 2.24) is 0 Å². The van der Waals surface area contributed by atoms with Gasteiger partial charge in [0.1, 0.15) is 12.1 Å². The van der Waals surface area contributed by atoms with Gasteiger partial charge in [-0.15, -0.1) is 0 Å². The molecule has 0 radical (unpaired) electrons. The predicted octanol–water partition coefficient (Wildman–Crippen LogP) is 2.90. The number of nitrogens with one attached hydrogen (secondary N) is 2. The number of hydrogen-bond acceptors (Lipinski definition) is 7. The Morgan fingerprint density at radius 2 is 1.79 bits per heavy atom. The predicted molar refractivity (Wildman–Crippen MR) is 102 cm³/mol. The highest BCUT2D eigenvalue weighted by Crippen LogP contribution is 2.27. The lowest BCUT2D eigenvalue weighted by molar-refractivity contribution is -0.383. The number of anilines is 2. The Morgan fingerprint density at radius 3 is 2.41 bits per heavy atom. The summed E-state index contributed by atoms with van der Waals surface area (Å²) in [6.07, 6.45) is -0.302. The number of benzene rings is 2. The molecule has 0 saturated heterocycles. The molecule has 0 fully saturated rings. The van der Waals surface area contributed by atoms with Crippen LogP contribution in [0.15, 0.2) is 42.5 Å². The molecule has 0 aromatic heterocycles. The van der Waals surface area contributed by atoms with E-state index in [1.807, 2.05) is 0 Å². The second-order valence-electron chi connectivity index (χ2n) is 5.50. The second-order valence-corrected chi connectivity index (χ2v) is 5.94. The molecule has 11 heteroatoms. The van der Waals surface area contributed by atoms with E-state index in [2.05, 4.69) is 10.6 Å². The maximum absolute atomic E-state index is 12.0. The molecule has 0 aliphatic carbocycles. The van der Waals surface area contributed by atoms with E-state index < -0.39 is 29.3 Å². The number of hydrogen-bond donors (Lipinski definition) is 2. The molecule has 0 unspecified atom stereocenters. The third-order valence-corrected chi connectivity index (χ3v) is 3.64. The number of nitriles is 1. The van der Waals surface area contributed by atoms with Crippen molar-refractivity contribution in [3.8, 4) is 6.07 Å². The van der Waals surface area contributed by atoms with Gasteiger partial charge in [-0.1, -0.05) is 11.6 Å². The van der Waals surface area contributed by atoms with Gasteiger partial charge in [0, 0.05) is 16.8 Å². The Balaban J connectivity index is 1.93. The van der Waals surface area contributed by atoms with Gasteiger partial charge in [0.05, 0.1) is 16.6 Å². The van der Waals surface area contributed by atoms with E-state index in [4.69, 9.17) is 21.6 Å². The third kappa shape index (κ3) is 6.30. The van der Waals surface area contributed by atoms with Gasteiger partial charge < -0.3 is 15.4 Å². The van der Waals surface area contributed by atoms with Crippen LogP contribution in [0.25, 0.3) is 0 Å². The topological polar surface area (TPSA) is 151 Å². The van der Waals surface area contributed by atoms with Crippen molar-refractivity contribution in [3.63, 3.8) is 0 Å². The molecule has 29 heavy (non-hydrogen) atoms. The van der Waals surface area contributed by atoms with Crippen LogP contribution in [0.3, 0.4) is 0 Å². The molecule has 0 spiro atoms. The van der Waals surface area contributed by atoms with Crippen LogP contribution in [-0.2, 0) is 14.3 Å². The van der Waals surface area contributed by atoms with Crippen molar-refractivity contribution in [2.75, 3.05) is 17.2 Å². The number of nitro benzene ring substituents is 1. The van der Waals surface area contributed by atoms with Gasteiger partial charge in [-0.2, -0.15) is 5.26 Å². The van der Waals surface area contributed by atoms with E-state index in [1.165, 1.54) is 36.4 Å². The van der Waals surface area contributed by atoms with E-state index in [-0.39, 0.29) is 28.4 Å². The Kier molecular flexibility index (Phi) is 7.22. The Bertz CT molecular complexity index is 1000. The van der Waals surface area contributed by atoms with Crippen molar-refractivity contribution < 1.29 is 24.0 Å². The zero-order valence-corrected chi connectivity index (χ0v) is 15.4. The van der Waals surface area contributed by atoms with Gasteiger partial charge >= 0.3 is 5.97 Å². The Labute approximate surface area is 169 Å². The number of amides is 2. The molecule has 2 aromatic carbocycles. The zero-order chi connectivity index (χ0) is 21.4. The monoisotopic (exact) mass is 416 g/mol. The summed E-state index contributed by atoms with van der Waals surface area (Å²) in [6.45, 7) is -0.677. The summed E-state index contributed by atoms with van der Waals surface area (Å²) >= 11 is 5.77. The number of ether oxygens (including phenoxy) is 1. The van der Waals surface area contributed by atoms with Gasteiger partial charge in [0.25, 0.3) is 11.6 Å². The molecule has 0 aliphatic heterocycles. The molecule has 0 heterocycles. The van der Waals surface area contributed by atoms with Crippen molar-refractivity contribution in [1.29, 1.82) is 5.26 Å². The maximum atomic E-state index is 12.0. The fourth-order valence-electron chi connectivity index (χ4n) is 2.13. The molecule has 0 atom stereocenters. The minimum Gasteiger partial charge on any atom is -0.452 e. The highest BCUT2D eigenvalue weighted by Gasteiger charge is 2.17. The SMILES string of the molecule is N#CCC(=O)Nc1ccc(C(=O)OCC(=O)Nc2cc(Cl)ccc2[N+](=O)[O-])cc1. The van der Waals surface area contributed by atoms with E-state index in [0.29, 0.717) is 5.69 Å². The van der Waals surface area contributed by atoms with Crippen LogP contribution in [0.2, 0.25) is 5.02 Å². The number of esters is 1. The summed E-state index contributed by atoms with van der Waals surface area (Å²) in [4.78, 5) is 45.6. The number of halogens is 1. The molecule has 2 amide bonds. The highest BCUT2D eigenvalue weighted by atomic mass is 35.5. The number of nitrogens with zero attached hydrogens (tertiary/aromatic N) is 2. The Hall–Kier alpha value is -3.97. The highest BCUT2D eigenvalue weighted by molar-refractivity contribution is 6.31. The second kappa shape index (κ2) is 9.82. The summed E-state index contributed by atoms with van der Waals surface area (Å²) in [5.41, 5.74) is 0.0155. The minimum atomic E-state index is -0.810. The van der Waals surface area contributed by atoms with Crippen molar-refractivity contribution >= 4 is 46.4 Å². The summed E-state index contributed by atoms with van der Waals surface area (Å²) in [6, 6.07) is 11.0. The van der Waals surface area contributed by atoms with E-state index in [1.54, 1.807) is 6.07 Å². The first-order valence-corrected chi connectivity index (χ1v) is 8.35. The largest absolute Gasteiger partial charge is 0.452 e. The maximum Gasteiger partial charge on any atom is 0.338 e. The van der Waals surface area contributed by atoms with Crippen LogP contribution in [0.4, 0.5) is 17.1 Å². The number of rotatable bonds is 7. The standard InChI is InChI=1S/C18H13ClN4O6/c19-12-3-6-15(23(27)28)14(9-12)22-17(25)10-29-18(26)11-1-4-13(5-2-11)21-16(24)7-8-20/h1-6,9H,7,10H2,(H,21,24)(H,22,25). The normalized spacial score (nSPS) is 9.79. The quantitative estimate of drug-likeness (QED) is 0.400. The third-order valence-electron chi connectivity index (χ3n) is 3.41. The first-order chi connectivity index (χ1) is 13.8. The lowest BCUT2D eigenvalue weighted by Crippen LogP contribution is -2.21. The molecule has 0 bridgehead atoms. The molecule has 0 aliphatic rings. The zero-order valence-electron chi connectivity index (χ0n) is 14.7. The first-order valence-electron chi connectivity index (χ1n) is 7.98. The van der Waals surface area contributed by atoms with Crippen LogP contribution in [0.5, 0.6) is 0 Å². The minimum absolute atomic E-state index is 0.116. The van der Waals surface area contributed by atoms with Gasteiger partial charge in [-0.25, -0.2) is 4.79 Å². The smallest absolute Gasteiger partial charge is 0.338 e. The van der Waals surface area contributed by atoms with Crippen molar-refractivity contribution in [2.45, 2.75) is 6.42 Å². The molecule has 2 aromatic rings. The van der Waals surface area contributed by atoms with E-state index in [9.17, 15) is 24.5 Å². The van der Waals surface area contributed by atoms with Gasteiger partial charge in [-0.3, -0.25) is 19.7 Å². The van der Waals surface area contributed by atoms with E-state index >= 15 is 0 Å². The molecular weight excluding hydrogens is 404 g/mol. The lowest BCUT2D eigenvalue weighted by Gasteiger charge is -2.08. The van der Waals surface area contributed by atoms with Crippen LogP contribution in [-0.4, -0.2) is 29.3 Å². The molecule has 2 N–H and O–H groups in total. The van der Waals surface area contributed by atoms with Gasteiger partial charge in [0.2, 0.25) is 5.91 Å². The number of nitro groups is 1. The fraction of sp³-hybridized carbons (Fsp3) is 0.111. The van der Waals surface area contributed by atoms with Crippen molar-refractivity contribution in [2.24, 2.45) is 0 Å². The van der Waals surface area contributed by atoms with Crippen molar-refractivity contribution in [3.05, 3.63) is 63.2 Å². The molecule has 2 rings (SSSR count). The Morgan fingerprint density at radius 1 is 1.10 bits per heavy atom.